The first kappa shape index (κ1) is 17.1. The molecule has 0 spiro atoms. The first-order valence-electron chi connectivity index (χ1n) is 8.29. The van der Waals surface area contributed by atoms with Crippen LogP contribution in [0.15, 0.2) is 45.9 Å². The number of hydrogen-bond acceptors (Lipinski definition) is 5. The molecule has 0 radical (unpaired) electrons. The van der Waals surface area contributed by atoms with E-state index in [4.69, 9.17) is 33.0 Å². The third-order valence-corrected chi connectivity index (χ3v) is 4.84. The molecule has 0 amide bonds. The van der Waals surface area contributed by atoms with Crippen molar-refractivity contribution in [2.24, 2.45) is 11.0 Å². The molecule has 134 valence electrons. The Bertz CT molecular complexity index is 989. The number of ether oxygens (including phenoxy) is 1. The average Bonchev–Trinajstić information content (AvgIpc) is 3.04. The molecule has 0 aliphatic heterocycles. The number of hydrogen-bond donors (Lipinski definition) is 1. The van der Waals surface area contributed by atoms with Crippen LogP contribution < -0.4 is 4.74 Å². The number of aromatic amines is 1. The number of halogens is 1. The number of benzene rings is 1. The van der Waals surface area contributed by atoms with Gasteiger partial charge < -0.3 is 9.15 Å². The molecule has 1 aromatic carbocycles. The summed E-state index contributed by atoms with van der Waals surface area (Å²) in [5.74, 6) is 4.19. The Labute approximate surface area is 160 Å². The lowest BCUT2D eigenvalue weighted by atomic mass is 10.3. The minimum absolute atomic E-state index is 0.217. The van der Waals surface area contributed by atoms with Gasteiger partial charge in [0.15, 0.2) is 5.82 Å². The lowest BCUT2D eigenvalue weighted by Gasteiger charge is -2.05. The summed E-state index contributed by atoms with van der Waals surface area (Å²) in [7, 11) is 0. The molecule has 2 atom stereocenters. The lowest BCUT2D eigenvalue weighted by molar-refractivity contribution is 0.290. The zero-order chi connectivity index (χ0) is 18.1. The predicted molar refractivity (Wildman–Crippen MR) is 101 cm³/mol. The van der Waals surface area contributed by atoms with Crippen LogP contribution in [0.2, 0.25) is 5.02 Å². The minimum Gasteiger partial charge on any atom is -0.486 e. The zero-order valence-electron chi connectivity index (χ0n) is 14.1. The number of furan rings is 1. The lowest BCUT2D eigenvalue weighted by Crippen LogP contribution is -2.04. The van der Waals surface area contributed by atoms with E-state index in [0.717, 1.165) is 5.76 Å². The van der Waals surface area contributed by atoms with Crippen molar-refractivity contribution in [3.8, 4) is 5.75 Å². The van der Waals surface area contributed by atoms with Crippen molar-refractivity contribution in [3.05, 3.63) is 63.5 Å². The molecule has 1 aliphatic carbocycles. The summed E-state index contributed by atoms with van der Waals surface area (Å²) in [6, 6.07) is 11.0. The molecule has 6 nitrogen and oxygen atoms in total. The quantitative estimate of drug-likeness (QED) is 0.487. The van der Waals surface area contributed by atoms with E-state index in [1.807, 2.05) is 12.1 Å². The maximum atomic E-state index is 5.87. The average molecular weight is 389 g/mol. The zero-order valence-corrected chi connectivity index (χ0v) is 15.6. The highest BCUT2D eigenvalue weighted by molar-refractivity contribution is 7.71. The van der Waals surface area contributed by atoms with Crippen molar-refractivity contribution < 1.29 is 9.15 Å². The van der Waals surface area contributed by atoms with Crippen molar-refractivity contribution in [2.75, 3.05) is 0 Å². The van der Waals surface area contributed by atoms with E-state index in [-0.39, 0.29) is 6.61 Å². The van der Waals surface area contributed by atoms with Gasteiger partial charge >= 0.3 is 0 Å². The smallest absolute Gasteiger partial charge is 0.216 e. The highest BCUT2D eigenvalue weighted by atomic mass is 35.5. The topological polar surface area (TPSA) is 68.3 Å². The third kappa shape index (κ3) is 3.73. The van der Waals surface area contributed by atoms with E-state index >= 15 is 0 Å². The van der Waals surface area contributed by atoms with E-state index in [1.165, 1.54) is 11.1 Å². The fourth-order valence-electron chi connectivity index (χ4n) is 2.69. The maximum absolute atomic E-state index is 5.87. The summed E-state index contributed by atoms with van der Waals surface area (Å²) >= 11 is 11.1. The first-order chi connectivity index (χ1) is 12.6. The molecular formula is C18H17ClN4O2S. The van der Waals surface area contributed by atoms with Crippen molar-refractivity contribution in [1.29, 1.82) is 0 Å². The Kier molecular flexibility index (Phi) is 4.65. The van der Waals surface area contributed by atoms with E-state index in [2.05, 4.69) is 22.2 Å². The maximum Gasteiger partial charge on any atom is 0.216 e. The Balaban J connectivity index is 1.46. The third-order valence-electron chi connectivity index (χ3n) is 4.32. The second-order valence-electron chi connectivity index (χ2n) is 6.30. The molecule has 2 heterocycles. The number of aromatic nitrogens is 3. The van der Waals surface area contributed by atoms with Gasteiger partial charge in [-0.25, -0.2) is 5.10 Å². The molecule has 2 aromatic heterocycles. The summed E-state index contributed by atoms with van der Waals surface area (Å²) in [6.45, 7) is 2.44. The monoisotopic (exact) mass is 388 g/mol. The van der Waals surface area contributed by atoms with Crippen LogP contribution in [0.1, 0.15) is 36.6 Å². The minimum atomic E-state index is 0.217. The molecule has 3 aromatic rings. The van der Waals surface area contributed by atoms with E-state index in [9.17, 15) is 0 Å². The molecule has 1 aliphatic rings. The van der Waals surface area contributed by atoms with Crippen LogP contribution in [-0.2, 0) is 6.61 Å². The number of nitrogens with one attached hydrogen (secondary N) is 1. The number of nitrogens with zero attached hydrogens (tertiary/aromatic N) is 3. The van der Waals surface area contributed by atoms with E-state index in [0.29, 0.717) is 39.0 Å². The summed E-state index contributed by atoms with van der Waals surface area (Å²) in [5.41, 5.74) is 0. The van der Waals surface area contributed by atoms with Crippen LogP contribution >= 0.6 is 23.8 Å². The van der Waals surface area contributed by atoms with Gasteiger partial charge in [0, 0.05) is 10.9 Å². The Morgan fingerprint density at radius 1 is 1.38 bits per heavy atom. The molecule has 0 saturated heterocycles. The van der Waals surface area contributed by atoms with Crippen LogP contribution in [0.3, 0.4) is 0 Å². The standard InChI is InChI=1S/C18H17ClN4O2S/c1-11-8-15(11)16-7-6-14(25-16)9-20-23-17(21-22-18(23)26)10-24-13-4-2-12(19)3-5-13/h2-7,9,11,15H,8,10H2,1H3,(H,22,26)/b20-9-/t11-,15-/m1/s1. The fraction of sp³-hybridized carbons (Fsp3) is 0.278. The summed E-state index contributed by atoms with van der Waals surface area (Å²) < 4.78 is 13.4. The van der Waals surface area contributed by atoms with Crippen LogP contribution in [0, 0.1) is 10.7 Å². The molecule has 26 heavy (non-hydrogen) atoms. The number of rotatable bonds is 6. The Morgan fingerprint density at radius 3 is 2.88 bits per heavy atom. The van der Waals surface area contributed by atoms with E-state index < -0.39 is 0 Å². The Morgan fingerprint density at radius 2 is 2.15 bits per heavy atom. The predicted octanol–water partition coefficient (Wildman–Crippen LogP) is 4.77. The van der Waals surface area contributed by atoms with Gasteiger partial charge in [-0.05, 0) is 61.0 Å². The second-order valence-corrected chi connectivity index (χ2v) is 7.13. The molecule has 1 fully saturated rings. The van der Waals surface area contributed by atoms with Gasteiger partial charge in [-0.15, -0.1) is 0 Å². The van der Waals surface area contributed by atoms with E-state index in [1.54, 1.807) is 30.5 Å². The Hall–Kier alpha value is -2.38. The van der Waals surface area contributed by atoms with Crippen molar-refractivity contribution in [2.45, 2.75) is 25.9 Å². The molecule has 0 unspecified atom stereocenters. The van der Waals surface area contributed by atoms with Gasteiger partial charge in [0.25, 0.3) is 0 Å². The van der Waals surface area contributed by atoms with Gasteiger partial charge in [0.2, 0.25) is 4.77 Å². The summed E-state index contributed by atoms with van der Waals surface area (Å²) in [6.07, 6.45) is 2.82. The molecule has 8 heteroatoms. The largest absolute Gasteiger partial charge is 0.486 e. The van der Waals surface area contributed by atoms with Crippen LogP contribution in [-0.4, -0.2) is 21.1 Å². The van der Waals surface area contributed by atoms with Crippen LogP contribution in [0.25, 0.3) is 0 Å². The SMILES string of the molecule is C[C@@H]1C[C@H]1c1ccc(/C=N\n2c(COc3ccc(Cl)cc3)n[nH]c2=S)o1. The van der Waals surface area contributed by atoms with Gasteiger partial charge in [-0.1, -0.05) is 18.5 Å². The summed E-state index contributed by atoms with van der Waals surface area (Å²) in [5, 5.41) is 11.9. The van der Waals surface area contributed by atoms with Gasteiger partial charge in [-0.3, -0.25) is 0 Å². The normalized spacial score (nSPS) is 19.2. The van der Waals surface area contributed by atoms with Gasteiger partial charge in [0.1, 0.15) is 23.9 Å². The number of H-pyrrole nitrogens is 1. The van der Waals surface area contributed by atoms with Crippen molar-refractivity contribution in [1.82, 2.24) is 14.9 Å². The molecule has 0 bridgehead atoms. The summed E-state index contributed by atoms with van der Waals surface area (Å²) in [4.78, 5) is 0. The molecule has 1 saturated carbocycles. The van der Waals surface area contributed by atoms with Crippen LogP contribution in [0.4, 0.5) is 0 Å². The second kappa shape index (κ2) is 7.09. The molecule has 4 rings (SSSR count). The first-order valence-corrected chi connectivity index (χ1v) is 9.07. The van der Waals surface area contributed by atoms with Gasteiger partial charge in [0.05, 0.1) is 6.21 Å². The molecular weight excluding hydrogens is 372 g/mol. The van der Waals surface area contributed by atoms with Crippen LogP contribution in [0.5, 0.6) is 5.75 Å². The highest BCUT2D eigenvalue weighted by Gasteiger charge is 2.36. The highest BCUT2D eigenvalue weighted by Crippen LogP contribution is 2.47. The van der Waals surface area contributed by atoms with Crippen molar-refractivity contribution in [3.63, 3.8) is 0 Å². The van der Waals surface area contributed by atoms with Crippen molar-refractivity contribution >= 4 is 30.0 Å². The fourth-order valence-corrected chi connectivity index (χ4v) is 3.01. The molecule has 1 N–H and O–H groups in total. The van der Waals surface area contributed by atoms with Gasteiger partial charge in [-0.2, -0.15) is 14.9 Å².